The average molecular weight is 408 g/mol. The highest BCUT2D eigenvalue weighted by Gasteiger charge is 2.57. The SMILES string of the molecule is O=C(CC12CC3CC(CC(Br)(C3)C1)C2)NCCSc1ccccc1. The summed E-state index contributed by atoms with van der Waals surface area (Å²) >= 11 is 5.85. The van der Waals surface area contributed by atoms with Gasteiger partial charge in [0.2, 0.25) is 5.91 Å². The smallest absolute Gasteiger partial charge is 0.220 e. The fourth-order valence-corrected chi connectivity index (χ4v) is 8.12. The van der Waals surface area contributed by atoms with Gasteiger partial charge in [0.1, 0.15) is 0 Å². The molecule has 24 heavy (non-hydrogen) atoms. The van der Waals surface area contributed by atoms with Gasteiger partial charge < -0.3 is 5.32 Å². The van der Waals surface area contributed by atoms with Crippen molar-refractivity contribution < 1.29 is 4.79 Å². The third-order valence-electron chi connectivity index (χ3n) is 6.08. The van der Waals surface area contributed by atoms with E-state index >= 15 is 0 Å². The van der Waals surface area contributed by atoms with Crippen LogP contribution in [0.2, 0.25) is 0 Å². The van der Waals surface area contributed by atoms with Gasteiger partial charge in [-0.25, -0.2) is 0 Å². The topological polar surface area (TPSA) is 29.1 Å². The summed E-state index contributed by atoms with van der Waals surface area (Å²) < 4.78 is 0.348. The molecule has 4 aliphatic carbocycles. The van der Waals surface area contributed by atoms with Crippen LogP contribution in [-0.2, 0) is 4.79 Å². The van der Waals surface area contributed by atoms with Crippen molar-refractivity contribution in [1.82, 2.24) is 5.32 Å². The number of carbonyl (C=O) groups is 1. The molecule has 2 atom stereocenters. The summed E-state index contributed by atoms with van der Waals surface area (Å²) in [5.74, 6) is 2.91. The Bertz CT molecular complexity index is 591. The van der Waals surface area contributed by atoms with Crippen LogP contribution in [0.25, 0.3) is 0 Å². The second-order valence-corrected chi connectivity index (χ2v) is 11.2. The molecule has 0 heterocycles. The molecule has 130 valence electrons. The summed E-state index contributed by atoms with van der Waals surface area (Å²) in [6.07, 6.45) is 8.58. The highest BCUT2D eigenvalue weighted by atomic mass is 79.9. The molecular formula is C20H26BrNOS. The minimum absolute atomic E-state index is 0.265. The van der Waals surface area contributed by atoms with Crippen LogP contribution in [0.3, 0.4) is 0 Å². The molecule has 0 radical (unpaired) electrons. The van der Waals surface area contributed by atoms with E-state index in [4.69, 9.17) is 0 Å². The number of thioether (sulfide) groups is 1. The molecule has 1 N–H and O–H groups in total. The summed E-state index contributed by atoms with van der Waals surface area (Å²) in [6.45, 7) is 0.765. The van der Waals surface area contributed by atoms with Crippen molar-refractivity contribution in [3.8, 4) is 0 Å². The maximum Gasteiger partial charge on any atom is 0.220 e. The molecule has 4 bridgehead atoms. The molecule has 4 aliphatic rings. The van der Waals surface area contributed by atoms with Gasteiger partial charge >= 0.3 is 0 Å². The molecule has 5 rings (SSSR count). The Balaban J connectivity index is 1.26. The predicted octanol–water partition coefficient (Wildman–Crippen LogP) is 5.02. The van der Waals surface area contributed by atoms with Crippen molar-refractivity contribution in [2.45, 2.75) is 54.2 Å². The van der Waals surface area contributed by atoms with Gasteiger partial charge in [0, 0.05) is 27.9 Å². The van der Waals surface area contributed by atoms with E-state index in [1.54, 1.807) is 0 Å². The minimum atomic E-state index is 0.265. The number of hydrogen-bond acceptors (Lipinski definition) is 2. The third-order valence-corrected chi connectivity index (χ3v) is 8.02. The van der Waals surface area contributed by atoms with Crippen molar-refractivity contribution in [1.29, 1.82) is 0 Å². The van der Waals surface area contributed by atoms with Crippen molar-refractivity contribution >= 4 is 33.6 Å². The van der Waals surface area contributed by atoms with Crippen LogP contribution in [0.5, 0.6) is 0 Å². The van der Waals surface area contributed by atoms with E-state index in [2.05, 4.69) is 45.5 Å². The standard InChI is InChI=1S/C20H26BrNOS/c21-20-11-15-8-16(12-20)10-19(9-15,14-20)13-18(23)22-6-7-24-17-4-2-1-3-5-17/h1-5,15-16H,6-14H2,(H,22,23). The van der Waals surface area contributed by atoms with E-state index in [0.717, 1.165) is 30.6 Å². The van der Waals surface area contributed by atoms with Crippen LogP contribution in [0.1, 0.15) is 44.9 Å². The number of alkyl halides is 1. The molecule has 1 aromatic carbocycles. The van der Waals surface area contributed by atoms with Gasteiger partial charge in [0.25, 0.3) is 0 Å². The van der Waals surface area contributed by atoms with Crippen LogP contribution in [0.4, 0.5) is 0 Å². The number of benzene rings is 1. The first-order chi connectivity index (χ1) is 11.5. The number of hydrogen-bond donors (Lipinski definition) is 1. The van der Waals surface area contributed by atoms with E-state index in [-0.39, 0.29) is 11.3 Å². The zero-order chi connectivity index (χ0) is 16.6. The zero-order valence-electron chi connectivity index (χ0n) is 14.1. The summed E-state index contributed by atoms with van der Waals surface area (Å²) in [7, 11) is 0. The molecule has 0 aliphatic heterocycles. The zero-order valence-corrected chi connectivity index (χ0v) is 16.5. The molecule has 4 saturated carbocycles. The Hall–Kier alpha value is -0.480. The average Bonchev–Trinajstić information content (AvgIpc) is 2.49. The molecule has 2 unspecified atom stereocenters. The van der Waals surface area contributed by atoms with Crippen molar-refractivity contribution in [2.75, 3.05) is 12.3 Å². The first-order valence-corrected chi connectivity index (χ1v) is 11.0. The molecule has 0 spiro atoms. The van der Waals surface area contributed by atoms with Gasteiger partial charge in [0.05, 0.1) is 0 Å². The van der Waals surface area contributed by atoms with Gasteiger partial charge in [-0.05, 0) is 67.9 Å². The minimum Gasteiger partial charge on any atom is -0.355 e. The van der Waals surface area contributed by atoms with Gasteiger partial charge in [-0.3, -0.25) is 4.79 Å². The first-order valence-electron chi connectivity index (χ1n) is 9.18. The van der Waals surface area contributed by atoms with Crippen LogP contribution >= 0.6 is 27.7 Å². The lowest BCUT2D eigenvalue weighted by atomic mass is 9.48. The molecule has 1 amide bonds. The highest BCUT2D eigenvalue weighted by molar-refractivity contribution is 9.10. The lowest BCUT2D eigenvalue weighted by Gasteiger charge is -2.60. The largest absolute Gasteiger partial charge is 0.355 e. The van der Waals surface area contributed by atoms with E-state index in [1.165, 1.54) is 43.4 Å². The second-order valence-electron chi connectivity index (χ2n) is 8.30. The quantitative estimate of drug-likeness (QED) is 0.407. The maximum atomic E-state index is 12.5. The van der Waals surface area contributed by atoms with Crippen LogP contribution in [0.15, 0.2) is 35.2 Å². The summed E-state index contributed by atoms with van der Waals surface area (Å²) in [5, 5.41) is 3.17. The van der Waals surface area contributed by atoms with E-state index < -0.39 is 0 Å². The van der Waals surface area contributed by atoms with Crippen molar-refractivity contribution in [3.63, 3.8) is 0 Å². The molecular weight excluding hydrogens is 382 g/mol. The Morgan fingerprint density at radius 1 is 1.17 bits per heavy atom. The number of rotatable bonds is 6. The summed E-state index contributed by atoms with van der Waals surface area (Å²) in [5.41, 5.74) is 0.282. The van der Waals surface area contributed by atoms with E-state index in [0.29, 0.717) is 4.32 Å². The highest BCUT2D eigenvalue weighted by Crippen LogP contribution is 2.65. The number of nitrogens with one attached hydrogen (secondary N) is 1. The van der Waals surface area contributed by atoms with Gasteiger partial charge in [-0.2, -0.15) is 0 Å². The molecule has 4 heteroatoms. The van der Waals surface area contributed by atoms with Gasteiger partial charge in [-0.15, -0.1) is 11.8 Å². The molecule has 0 saturated heterocycles. The van der Waals surface area contributed by atoms with Crippen molar-refractivity contribution in [2.24, 2.45) is 17.3 Å². The van der Waals surface area contributed by atoms with E-state index in [1.807, 2.05) is 17.8 Å². The summed E-state index contributed by atoms with van der Waals surface area (Å²) in [4.78, 5) is 13.8. The fourth-order valence-electron chi connectivity index (χ4n) is 5.82. The second kappa shape index (κ2) is 6.68. The Labute approximate surface area is 157 Å². The fraction of sp³-hybridized carbons (Fsp3) is 0.650. The first kappa shape index (κ1) is 17.0. The van der Waals surface area contributed by atoms with Crippen LogP contribution < -0.4 is 5.32 Å². The Kier molecular flexibility index (Phi) is 4.72. The monoisotopic (exact) mass is 407 g/mol. The maximum absolute atomic E-state index is 12.5. The Morgan fingerprint density at radius 2 is 1.88 bits per heavy atom. The molecule has 2 nitrogen and oxygen atoms in total. The predicted molar refractivity (Wildman–Crippen MR) is 104 cm³/mol. The third kappa shape index (κ3) is 3.70. The van der Waals surface area contributed by atoms with Gasteiger partial charge in [0.15, 0.2) is 0 Å². The Morgan fingerprint density at radius 3 is 2.54 bits per heavy atom. The molecule has 0 aromatic heterocycles. The van der Waals surface area contributed by atoms with Crippen LogP contribution in [0, 0.1) is 17.3 Å². The van der Waals surface area contributed by atoms with Crippen LogP contribution in [-0.4, -0.2) is 22.5 Å². The lowest BCUT2D eigenvalue weighted by Crippen LogP contribution is -2.54. The number of halogens is 1. The van der Waals surface area contributed by atoms with Crippen molar-refractivity contribution in [3.05, 3.63) is 30.3 Å². The lowest BCUT2D eigenvalue weighted by molar-refractivity contribution is -0.128. The van der Waals surface area contributed by atoms with Gasteiger partial charge in [-0.1, -0.05) is 34.1 Å². The number of amides is 1. The summed E-state index contributed by atoms with van der Waals surface area (Å²) in [6, 6.07) is 10.4. The molecule has 4 fully saturated rings. The molecule has 1 aromatic rings. The number of carbonyl (C=O) groups excluding carboxylic acids is 1. The van der Waals surface area contributed by atoms with E-state index in [9.17, 15) is 4.79 Å². The normalized spacial score (nSPS) is 36.7.